The highest BCUT2D eigenvalue weighted by atomic mass is 32.2. The van der Waals surface area contributed by atoms with Gasteiger partial charge in [0.15, 0.2) is 0 Å². The lowest BCUT2D eigenvalue weighted by atomic mass is 9.85. The molecule has 0 aliphatic rings. The molecule has 8 heteroatoms. The zero-order valence-electron chi connectivity index (χ0n) is 24.6. The monoisotopic (exact) mass is 573 g/mol. The average molecular weight is 574 g/mol. The summed E-state index contributed by atoms with van der Waals surface area (Å²) in [5, 5.41) is 20.3. The lowest BCUT2D eigenvalue weighted by Crippen LogP contribution is -2.13. The Hall–Kier alpha value is -3.78. The molecule has 216 valence electrons. The predicted molar refractivity (Wildman–Crippen MR) is 164 cm³/mol. The number of phenols is 1. The van der Waals surface area contributed by atoms with E-state index in [1.54, 1.807) is 18.7 Å². The number of ether oxygens (including phenoxy) is 2. The largest absolute Gasteiger partial charge is 0.505 e. The van der Waals surface area contributed by atoms with Gasteiger partial charge in [-0.3, -0.25) is 0 Å². The molecule has 0 amide bonds. The zero-order chi connectivity index (χ0) is 29.6. The lowest BCUT2D eigenvalue weighted by molar-refractivity contribution is -0.139. The van der Waals surface area contributed by atoms with Crippen molar-refractivity contribution < 1.29 is 19.4 Å². The fourth-order valence-corrected chi connectivity index (χ4v) is 5.18. The van der Waals surface area contributed by atoms with Crippen molar-refractivity contribution in [3.05, 3.63) is 77.9 Å². The molecule has 0 atom stereocenters. The molecule has 4 rings (SSSR count). The van der Waals surface area contributed by atoms with Crippen LogP contribution >= 0.6 is 11.8 Å². The van der Waals surface area contributed by atoms with Crippen LogP contribution in [-0.2, 0) is 14.9 Å². The van der Waals surface area contributed by atoms with Gasteiger partial charge in [-0.15, -0.1) is 15.0 Å². The molecule has 1 N–H and O–H groups in total. The average Bonchev–Trinajstić information content (AvgIpc) is 3.34. The first-order valence-corrected chi connectivity index (χ1v) is 14.8. The first-order chi connectivity index (χ1) is 19.5. The molecule has 7 nitrogen and oxygen atoms in total. The van der Waals surface area contributed by atoms with Crippen molar-refractivity contribution in [1.29, 1.82) is 0 Å². The van der Waals surface area contributed by atoms with Crippen LogP contribution in [0, 0.1) is 6.92 Å². The van der Waals surface area contributed by atoms with Crippen molar-refractivity contribution in [2.24, 2.45) is 0 Å². The Kier molecular flexibility index (Phi) is 9.76. The number of esters is 1. The lowest BCUT2D eigenvalue weighted by Gasteiger charge is -2.22. The van der Waals surface area contributed by atoms with Gasteiger partial charge in [-0.1, -0.05) is 45.2 Å². The van der Waals surface area contributed by atoms with Crippen LogP contribution in [0.4, 0.5) is 0 Å². The summed E-state index contributed by atoms with van der Waals surface area (Å²) in [5.41, 5.74) is 4.27. The Morgan fingerprint density at radius 2 is 1.59 bits per heavy atom. The number of hydrogen-bond acceptors (Lipinski definition) is 7. The Morgan fingerprint density at radius 1 is 0.927 bits per heavy atom. The molecule has 1 heterocycles. The molecule has 0 saturated heterocycles. The van der Waals surface area contributed by atoms with E-state index in [1.807, 2.05) is 49.4 Å². The first-order valence-electron chi connectivity index (χ1n) is 14.0. The van der Waals surface area contributed by atoms with Gasteiger partial charge in [0.2, 0.25) is 0 Å². The zero-order valence-corrected chi connectivity index (χ0v) is 25.4. The van der Waals surface area contributed by atoms with Gasteiger partial charge in [0.05, 0.1) is 13.2 Å². The maximum Gasteiger partial charge on any atom is 0.333 e. The summed E-state index contributed by atoms with van der Waals surface area (Å²) < 4.78 is 11.0. The molecular weight excluding hydrogens is 534 g/mol. The summed E-state index contributed by atoms with van der Waals surface area (Å²) in [4.78, 5) is 15.0. The molecule has 41 heavy (non-hydrogen) atoms. The Labute approximate surface area is 246 Å². The van der Waals surface area contributed by atoms with Crippen LogP contribution in [0.5, 0.6) is 11.5 Å². The highest BCUT2D eigenvalue weighted by Gasteiger charge is 2.22. The van der Waals surface area contributed by atoms with Gasteiger partial charge in [0.25, 0.3) is 0 Å². The van der Waals surface area contributed by atoms with Crippen LogP contribution in [0.1, 0.15) is 64.5 Å². The number of aromatic hydroxyl groups is 1. The van der Waals surface area contributed by atoms with E-state index in [1.165, 1.54) is 4.80 Å². The molecule has 0 unspecified atom stereocenters. The van der Waals surface area contributed by atoms with Crippen molar-refractivity contribution in [3.63, 3.8) is 0 Å². The second-order valence-corrected chi connectivity index (χ2v) is 12.5. The molecule has 0 bridgehead atoms. The summed E-state index contributed by atoms with van der Waals surface area (Å²) >= 11 is 1.65. The normalized spacial score (nSPS) is 11.5. The van der Waals surface area contributed by atoms with Gasteiger partial charge in [-0.05, 0) is 99.0 Å². The SMILES string of the molecule is C=C(C)C(=O)OCCCCCCOc1ccc(Sc2ccc3nn(-c4cc(C)cc(C(C)(C)C)c4O)nc3c2)cc1. The van der Waals surface area contributed by atoms with Crippen LogP contribution in [0.2, 0.25) is 0 Å². The van der Waals surface area contributed by atoms with E-state index in [2.05, 4.69) is 44.6 Å². The maximum absolute atomic E-state index is 11.4. The number of rotatable bonds is 12. The molecule has 0 aliphatic heterocycles. The number of unbranched alkanes of at least 4 members (excludes halogenated alkanes) is 3. The number of phenolic OH excluding ortho intramolecular Hbond substituents is 1. The topological polar surface area (TPSA) is 86.5 Å². The van der Waals surface area contributed by atoms with Crippen LogP contribution in [0.3, 0.4) is 0 Å². The van der Waals surface area contributed by atoms with Gasteiger partial charge < -0.3 is 14.6 Å². The number of benzene rings is 3. The van der Waals surface area contributed by atoms with Crippen LogP contribution in [-0.4, -0.2) is 39.3 Å². The van der Waals surface area contributed by atoms with Crippen molar-refractivity contribution in [1.82, 2.24) is 15.0 Å². The van der Waals surface area contributed by atoms with E-state index in [-0.39, 0.29) is 17.1 Å². The Balaban J connectivity index is 1.31. The maximum atomic E-state index is 11.4. The van der Waals surface area contributed by atoms with Crippen LogP contribution in [0.25, 0.3) is 16.7 Å². The third-order valence-corrected chi connectivity index (χ3v) is 7.56. The number of fused-ring (bicyclic) bond motifs is 1. The minimum atomic E-state index is -0.322. The Morgan fingerprint density at radius 3 is 2.27 bits per heavy atom. The minimum absolute atomic E-state index is 0.203. The van der Waals surface area contributed by atoms with E-state index < -0.39 is 0 Å². The molecule has 3 aromatic carbocycles. The van der Waals surface area contributed by atoms with Gasteiger partial charge in [0, 0.05) is 20.9 Å². The smallest absolute Gasteiger partial charge is 0.333 e. The number of hydrogen-bond donors (Lipinski definition) is 1. The second-order valence-electron chi connectivity index (χ2n) is 11.3. The summed E-state index contributed by atoms with van der Waals surface area (Å²) in [5.74, 6) is 0.731. The number of carbonyl (C=O) groups is 1. The van der Waals surface area contributed by atoms with Gasteiger partial charge in [-0.2, -0.15) is 0 Å². The van der Waals surface area contributed by atoms with Crippen molar-refractivity contribution in [2.75, 3.05) is 13.2 Å². The molecule has 0 fully saturated rings. The predicted octanol–water partition coefficient (Wildman–Crippen LogP) is 7.94. The van der Waals surface area contributed by atoms with E-state index in [4.69, 9.17) is 14.6 Å². The number of aryl methyl sites for hydroxylation is 1. The van der Waals surface area contributed by atoms with Crippen LogP contribution in [0.15, 0.2) is 76.5 Å². The fraction of sp³-hybridized carbons (Fsp3) is 0.364. The number of aromatic nitrogens is 3. The molecule has 0 spiro atoms. The first kappa shape index (κ1) is 30.2. The van der Waals surface area contributed by atoms with E-state index in [0.717, 1.165) is 63.4 Å². The van der Waals surface area contributed by atoms with Crippen LogP contribution < -0.4 is 4.74 Å². The van der Waals surface area contributed by atoms with Crippen molar-refractivity contribution in [3.8, 4) is 17.2 Å². The fourth-order valence-electron chi connectivity index (χ4n) is 4.33. The minimum Gasteiger partial charge on any atom is -0.505 e. The van der Waals surface area contributed by atoms with Crippen molar-refractivity contribution in [2.45, 2.75) is 75.5 Å². The second kappa shape index (κ2) is 13.3. The summed E-state index contributed by atoms with van der Waals surface area (Å²) in [6.07, 6.45) is 3.81. The molecular formula is C33H39N3O4S. The third kappa shape index (κ3) is 8.13. The van der Waals surface area contributed by atoms with Crippen molar-refractivity contribution >= 4 is 28.8 Å². The molecule has 0 aliphatic carbocycles. The standard InChI is InChI=1S/C33H39N3O4S/c1-22(2)32(38)40-18-10-8-7-9-17-39-24-11-13-25(14-12-24)41-26-15-16-28-29(21-26)35-36(34-28)30-20-23(3)19-27(31(30)37)33(4,5)6/h11-16,19-21,37H,1,7-10,17-18H2,2-6H3. The summed E-state index contributed by atoms with van der Waals surface area (Å²) in [6.45, 7) is 14.6. The number of nitrogens with zero attached hydrogens (tertiary/aromatic N) is 3. The number of carbonyl (C=O) groups excluding carboxylic acids is 1. The van der Waals surface area contributed by atoms with E-state index in [9.17, 15) is 9.90 Å². The Bertz CT molecular complexity index is 1520. The molecule has 0 saturated carbocycles. The summed E-state index contributed by atoms with van der Waals surface area (Å²) in [7, 11) is 0. The molecule has 4 aromatic rings. The van der Waals surface area contributed by atoms with E-state index >= 15 is 0 Å². The van der Waals surface area contributed by atoms with Gasteiger partial charge in [0.1, 0.15) is 28.2 Å². The highest BCUT2D eigenvalue weighted by molar-refractivity contribution is 7.99. The third-order valence-electron chi connectivity index (χ3n) is 6.56. The quantitative estimate of drug-likeness (QED) is 0.105. The van der Waals surface area contributed by atoms with Gasteiger partial charge >= 0.3 is 5.97 Å². The molecule has 0 radical (unpaired) electrons. The van der Waals surface area contributed by atoms with E-state index in [0.29, 0.717) is 24.5 Å². The summed E-state index contributed by atoms with van der Waals surface area (Å²) in [6, 6.07) is 18.0. The molecule has 1 aromatic heterocycles. The highest BCUT2D eigenvalue weighted by Crippen LogP contribution is 2.36. The van der Waals surface area contributed by atoms with Gasteiger partial charge in [-0.25, -0.2) is 4.79 Å².